The van der Waals surface area contributed by atoms with Gasteiger partial charge in [0.25, 0.3) is 0 Å². The van der Waals surface area contributed by atoms with Gasteiger partial charge in [-0.1, -0.05) is 0 Å². The zero-order chi connectivity index (χ0) is 10.8. The number of ether oxygens (including phenoxy) is 1. The van der Waals surface area contributed by atoms with Gasteiger partial charge in [-0.25, -0.2) is 0 Å². The molecular formula is C11H22N2O. The molecule has 3 heteroatoms. The molecule has 0 saturated carbocycles. The number of hydrogen-bond acceptors (Lipinski definition) is 3. The van der Waals surface area contributed by atoms with Crippen molar-refractivity contribution in [2.75, 3.05) is 26.7 Å². The number of nitrogens with zero attached hydrogens (tertiary/aromatic N) is 2. The Labute approximate surface area is 87.7 Å². The molecule has 0 saturated heterocycles. The molecule has 0 fully saturated rings. The highest BCUT2D eigenvalue weighted by atomic mass is 16.5. The maximum Gasteiger partial charge on any atom is 0.0621 e. The normalized spacial score (nSPS) is 10.9. The lowest BCUT2D eigenvalue weighted by atomic mass is 10.2. The van der Waals surface area contributed by atoms with E-state index in [2.05, 4.69) is 18.0 Å². The molecule has 0 unspecified atom stereocenters. The molecule has 0 rings (SSSR count). The van der Waals surface area contributed by atoms with Crippen LogP contribution in [-0.2, 0) is 4.74 Å². The van der Waals surface area contributed by atoms with Gasteiger partial charge in [-0.15, -0.1) is 0 Å². The maximum absolute atomic E-state index is 8.35. The summed E-state index contributed by atoms with van der Waals surface area (Å²) >= 11 is 0. The summed E-state index contributed by atoms with van der Waals surface area (Å²) in [6, 6.07) is 2.16. The Kier molecular flexibility index (Phi) is 8.61. The van der Waals surface area contributed by atoms with Crippen molar-refractivity contribution in [1.29, 1.82) is 5.26 Å². The quantitative estimate of drug-likeness (QED) is 0.560. The molecule has 14 heavy (non-hydrogen) atoms. The van der Waals surface area contributed by atoms with Gasteiger partial charge in [-0.05, 0) is 40.3 Å². The molecule has 0 N–H and O–H groups in total. The molecule has 3 nitrogen and oxygen atoms in total. The van der Waals surface area contributed by atoms with Crippen LogP contribution in [0.1, 0.15) is 33.1 Å². The molecule has 82 valence electrons. The second-order valence-electron chi connectivity index (χ2n) is 3.84. The zero-order valence-corrected chi connectivity index (χ0v) is 9.62. The van der Waals surface area contributed by atoms with Gasteiger partial charge >= 0.3 is 0 Å². The van der Waals surface area contributed by atoms with Crippen LogP contribution in [0.2, 0.25) is 0 Å². The predicted octanol–water partition coefficient (Wildman–Crippen LogP) is 2.04. The molecule has 0 bridgehead atoms. The van der Waals surface area contributed by atoms with Crippen molar-refractivity contribution in [1.82, 2.24) is 4.90 Å². The summed E-state index contributed by atoms with van der Waals surface area (Å²) < 4.78 is 5.45. The molecule has 0 aliphatic rings. The number of rotatable bonds is 8. The van der Waals surface area contributed by atoms with E-state index in [0.717, 1.165) is 32.5 Å². The average molecular weight is 198 g/mol. The van der Waals surface area contributed by atoms with Crippen molar-refractivity contribution in [3.8, 4) is 6.07 Å². The van der Waals surface area contributed by atoms with E-state index in [1.165, 1.54) is 0 Å². The first-order valence-corrected chi connectivity index (χ1v) is 5.34. The van der Waals surface area contributed by atoms with Crippen LogP contribution in [0, 0.1) is 11.3 Å². The van der Waals surface area contributed by atoms with E-state index in [0.29, 0.717) is 12.5 Å². The van der Waals surface area contributed by atoms with Gasteiger partial charge in [0, 0.05) is 13.0 Å². The van der Waals surface area contributed by atoms with Crippen LogP contribution in [-0.4, -0.2) is 37.7 Å². The lowest BCUT2D eigenvalue weighted by Gasteiger charge is -2.17. The molecule has 0 aromatic heterocycles. The standard InChI is InChI=1S/C11H22N2O/c1-11(2)14-10-9-13(3)8-6-4-5-7-12/h11H,4-6,8-10H2,1-3H3. The van der Waals surface area contributed by atoms with Gasteiger partial charge in [-0.2, -0.15) is 5.26 Å². The van der Waals surface area contributed by atoms with Crippen LogP contribution in [0.4, 0.5) is 0 Å². The van der Waals surface area contributed by atoms with E-state index in [1.807, 2.05) is 13.8 Å². The molecule has 0 amide bonds. The maximum atomic E-state index is 8.35. The summed E-state index contributed by atoms with van der Waals surface area (Å²) in [7, 11) is 2.09. The van der Waals surface area contributed by atoms with Gasteiger partial charge in [0.05, 0.1) is 18.8 Å². The molecule has 0 aromatic carbocycles. The molecule has 0 aromatic rings. The van der Waals surface area contributed by atoms with Crippen LogP contribution < -0.4 is 0 Å². The Morgan fingerprint density at radius 2 is 2.00 bits per heavy atom. The lowest BCUT2D eigenvalue weighted by Crippen LogP contribution is -2.25. The minimum absolute atomic E-state index is 0.321. The van der Waals surface area contributed by atoms with Gasteiger partial charge in [0.2, 0.25) is 0 Å². The van der Waals surface area contributed by atoms with Gasteiger partial charge in [-0.3, -0.25) is 0 Å². The van der Waals surface area contributed by atoms with Crippen LogP contribution >= 0.6 is 0 Å². The summed E-state index contributed by atoms with van der Waals surface area (Å²) in [4.78, 5) is 2.25. The molecule has 0 atom stereocenters. The summed E-state index contributed by atoms with van der Waals surface area (Å²) in [5.41, 5.74) is 0. The minimum Gasteiger partial charge on any atom is -0.377 e. The van der Waals surface area contributed by atoms with Crippen molar-refractivity contribution in [2.45, 2.75) is 39.2 Å². The molecular weight excluding hydrogens is 176 g/mol. The Hall–Kier alpha value is -0.590. The highest BCUT2D eigenvalue weighted by Crippen LogP contribution is 1.96. The van der Waals surface area contributed by atoms with Crippen LogP contribution in [0.25, 0.3) is 0 Å². The third kappa shape index (κ3) is 9.50. The van der Waals surface area contributed by atoms with Crippen LogP contribution in [0.15, 0.2) is 0 Å². The number of unbranched alkanes of at least 4 members (excludes halogenated alkanes) is 2. The van der Waals surface area contributed by atoms with Crippen molar-refractivity contribution >= 4 is 0 Å². The molecule has 0 radical (unpaired) electrons. The second-order valence-corrected chi connectivity index (χ2v) is 3.84. The summed E-state index contributed by atoms with van der Waals surface area (Å²) in [6.07, 6.45) is 3.11. The van der Waals surface area contributed by atoms with E-state index >= 15 is 0 Å². The average Bonchev–Trinajstić information content (AvgIpc) is 2.12. The third-order valence-electron chi connectivity index (χ3n) is 2.00. The first-order valence-electron chi connectivity index (χ1n) is 5.34. The Morgan fingerprint density at radius 1 is 1.29 bits per heavy atom. The van der Waals surface area contributed by atoms with Crippen molar-refractivity contribution in [3.05, 3.63) is 0 Å². The topological polar surface area (TPSA) is 36.3 Å². The van der Waals surface area contributed by atoms with Crippen molar-refractivity contribution in [3.63, 3.8) is 0 Å². The first kappa shape index (κ1) is 13.4. The van der Waals surface area contributed by atoms with E-state index in [1.54, 1.807) is 0 Å². The second kappa shape index (κ2) is 8.98. The fraction of sp³-hybridized carbons (Fsp3) is 0.909. The van der Waals surface area contributed by atoms with E-state index < -0.39 is 0 Å². The predicted molar refractivity (Wildman–Crippen MR) is 58.0 cm³/mol. The summed E-state index contributed by atoms with van der Waals surface area (Å²) in [5.74, 6) is 0. The molecule has 0 aliphatic heterocycles. The largest absolute Gasteiger partial charge is 0.377 e. The number of likely N-dealkylation sites (N-methyl/N-ethyl adjacent to an activating group) is 1. The van der Waals surface area contributed by atoms with Crippen LogP contribution in [0.3, 0.4) is 0 Å². The smallest absolute Gasteiger partial charge is 0.0621 e. The molecule has 0 aliphatic carbocycles. The van der Waals surface area contributed by atoms with Gasteiger partial charge < -0.3 is 9.64 Å². The number of hydrogen-bond donors (Lipinski definition) is 0. The zero-order valence-electron chi connectivity index (χ0n) is 9.62. The fourth-order valence-corrected chi connectivity index (χ4v) is 1.14. The highest BCUT2D eigenvalue weighted by molar-refractivity contribution is 4.68. The lowest BCUT2D eigenvalue weighted by molar-refractivity contribution is 0.0636. The van der Waals surface area contributed by atoms with Crippen molar-refractivity contribution < 1.29 is 4.74 Å². The van der Waals surface area contributed by atoms with E-state index in [4.69, 9.17) is 10.00 Å². The van der Waals surface area contributed by atoms with Crippen molar-refractivity contribution in [2.24, 2.45) is 0 Å². The SMILES string of the molecule is CC(C)OCCN(C)CCCCC#N. The Morgan fingerprint density at radius 3 is 2.57 bits per heavy atom. The van der Waals surface area contributed by atoms with E-state index in [-0.39, 0.29) is 0 Å². The van der Waals surface area contributed by atoms with Gasteiger partial charge in [0.15, 0.2) is 0 Å². The third-order valence-corrected chi connectivity index (χ3v) is 2.00. The Bertz CT molecular complexity index is 163. The monoisotopic (exact) mass is 198 g/mol. The minimum atomic E-state index is 0.321. The Balaban J connectivity index is 3.20. The fourth-order valence-electron chi connectivity index (χ4n) is 1.14. The summed E-state index contributed by atoms with van der Waals surface area (Å²) in [6.45, 7) is 6.93. The van der Waals surface area contributed by atoms with E-state index in [9.17, 15) is 0 Å². The molecule has 0 heterocycles. The van der Waals surface area contributed by atoms with Crippen LogP contribution in [0.5, 0.6) is 0 Å². The summed E-state index contributed by atoms with van der Waals surface area (Å²) in [5, 5.41) is 8.35. The highest BCUT2D eigenvalue weighted by Gasteiger charge is 1.99. The molecule has 0 spiro atoms. The number of nitriles is 1. The van der Waals surface area contributed by atoms with Gasteiger partial charge in [0.1, 0.15) is 0 Å². The first-order chi connectivity index (χ1) is 6.66.